The molecule has 1 aromatic heterocycles. The molecule has 0 N–H and O–H groups in total. The van der Waals surface area contributed by atoms with Gasteiger partial charge in [0.05, 0.1) is 12.7 Å². The van der Waals surface area contributed by atoms with E-state index >= 15 is 0 Å². The number of thiazole rings is 1. The number of benzene rings is 2. The molecule has 6 rings (SSSR count). The van der Waals surface area contributed by atoms with Crippen LogP contribution in [-0.4, -0.2) is 40.1 Å². The van der Waals surface area contributed by atoms with Crippen LogP contribution in [0.4, 0.5) is 0 Å². The molecule has 3 aromatic rings. The molecule has 2 bridgehead atoms. The van der Waals surface area contributed by atoms with Gasteiger partial charge in [-0.25, -0.2) is 4.98 Å². The Morgan fingerprint density at radius 2 is 1.71 bits per heavy atom. The summed E-state index contributed by atoms with van der Waals surface area (Å²) in [6, 6.07) is 15.4. The Bertz CT molecular complexity index is 1420. The third-order valence-corrected chi connectivity index (χ3v) is 9.84. The van der Waals surface area contributed by atoms with Gasteiger partial charge in [-0.15, -0.1) is 11.3 Å². The fourth-order valence-corrected chi connectivity index (χ4v) is 8.26. The van der Waals surface area contributed by atoms with Crippen molar-refractivity contribution in [3.63, 3.8) is 0 Å². The summed E-state index contributed by atoms with van der Waals surface area (Å²) in [7, 11) is 0. The number of carbonyl (C=O) groups is 1. The molecule has 3 aliphatic rings. The maximum atomic E-state index is 13.7. The van der Waals surface area contributed by atoms with Gasteiger partial charge in [-0.1, -0.05) is 71.9 Å². The molecule has 7 heteroatoms. The molecule has 41 heavy (non-hydrogen) atoms. The zero-order valence-corrected chi connectivity index (χ0v) is 26.1. The van der Waals surface area contributed by atoms with Gasteiger partial charge in [0, 0.05) is 25.7 Å². The SMILES string of the molecule is CC1(C)C[C@H]2CC(C)(CN2C(=O)c2cnc(CN(Cc3ccc(C(C)(C)C)cc3)Cc3ccc4c(c3)OCO4)s2)C1. The molecule has 1 amide bonds. The number of ether oxygens (including phenoxy) is 2. The summed E-state index contributed by atoms with van der Waals surface area (Å²) in [5, 5.41) is 0.967. The fourth-order valence-electron chi connectivity index (χ4n) is 7.35. The van der Waals surface area contributed by atoms with E-state index in [0.29, 0.717) is 12.6 Å². The normalized spacial score (nSPS) is 22.9. The lowest BCUT2D eigenvalue weighted by Gasteiger charge is -2.39. The smallest absolute Gasteiger partial charge is 0.265 e. The van der Waals surface area contributed by atoms with Crippen LogP contribution in [0.2, 0.25) is 0 Å². The zero-order chi connectivity index (χ0) is 29.0. The van der Waals surface area contributed by atoms with Gasteiger partial charge in [-0.05, 0) is 64.3 Å². The number of likely N-dealkylation sites (tertiary alicyclic amines) is 1. The molecule has 0 radical (unpaired) electrons. The second-order valence-electron chi connectivity index (χ2n) is 14.5. The number of rotatable bonds is 7. The second-order valence-corrected chi connectivity index (χ2v) is 15.7. The first-order chi connectivity index (χ1) is 19.4. The van der Waals surface area contributed by atoms with Crippen molar-refractivity contribution in [2.45, 2.75) is 91.9 Å². The number of fused-ring (bicyclic) bond motifs is 3. The molecule has 2 aromatic carbocycles. The van der Waals surface area contributed by atoms with Crippen molar-refractivity contribution < 1.29 is 14.3 Å². The Hall–Kier alpha value is -2.90. The zero-order valence-electron chi connectivity index (χ0n) is 25.3. The van der Waals surface area contributed by atoms with Gasteiger partial charge >= 0.3 is 0 Å². The summed E-state index contributed by atoms with van der Waals surface area (Å²) in [5.74, 6) is 1.75. The molecule has 3 heterocycles. The first kappa shape index (κ1) is 28.2. The minimum absolute atomic E-state index is 0.121. The highest BCUT2D eigenvalue weighted by Gasteiger charge is 2.51. The quantitative estimate of drug-likeness (QED) is 0.295. The fraction of sp³-hybridized carbons (Fsp3) is 0.529. The van der Waals surface area contributed by atoms with Crippen LogP contribution in [-0.2, 0) is 25.0 Å². The number of nitrogens with zero attached hydrogens (tertiary/aromatic N) is 3. The van der Waals surface area contributed by atoms with Crippen molar-refractivity contribution in [3.05, 3.63) is 75.2 Å². The van der Waals surface area contributed by atoms with Crippen LogP contribution < -0.4 is 9.47 Å². The van der Waals surface area contributed by atoms with E-state index in [9.17, 15) is 4.79 Å². The van der Waals surface area contributed by atoms with Crippen LogP contribution in [0.1, 0.15) is 92.2 Å². The third-order valence-electron chi connectivity index (χ3n) is 8.87. The molecular weight excluding hydrogens is 530 g/mol. The lowest BCUT2D eigenvalue weighted by atomic mass is 9.65. The largest absolute Gasteiger partial charge is 0.454 e. The highest BCUT2D eigenvalue weighted by Crippen LogP contribution is 2.52. The molecule has 2 fully saturated rings. The Morgan fingerprint density at radius 1 is 1.00 bits per heavy atom. The lowest BCUT2D eigenvalue weighted by molar-refractivity contribution is 0.0712. The summed E-state index contributed by atoms with van der Waals surface area (Å²) in [5.41, 5.74) is 4.37. The highest BCUT2D eigenvalue weighted by atomic mass is 32.1. The first-order valence-corrected chi connectivity index (χ1v) is 15.6. The molecule has 1 saturated carbocycles. The number of hydrogen-bond donors (Lipinski definition) is 0. The van der Waals surface area contributed by atoms with Gasteiger partial charge in [0.2, 0.25) is 6.79 Å². The Labute approximate surface area is 248 Å². The van der Waals surface area contributed by atoms with Crippen LogP contribution in [0.3, 0.4) is 0 Å². The van der Waals surface area contributed by atoms with E-state index in [2.05, 4.69) is 87.7 Å². The third kappa shape index (κ3) is 6.17. The van der Waals surface area contributed by atoms with Crippen LogP contribution in [0.15, 0.2) is 48.7 Å². The van der Waals surface area contributed by atoms with Gasteiger partial charge in [0.15, 0.2) is 11.5 Å². The molecule has 1 aliphatic carbocycles. The van der Waals surface area contributed by atoms with Crippen molar-refractivity contribution in [2.24, 2.45) is 10.8 Å². The average Bonchev–Trinajstić information content (AvgIpc) is 3.60. The van der Waals surface area contributed by atoms with Crippen LogP contribution in [0, 0.1) is 10.8 Å². The highest BCUT2D eigenvalue weighted by molar-refractivity contribution is 7.13. The van der Waals surface area contributed by atoms with Crippen molar-refractivity contribution in [3.8, 4) is 11.5 Å². The van der Waals surface area contributed by atoms with E-state index in [1.165, 1.54) is 17.5 Å². The van der Waals surface area contributed by atoms with Crippen molar-refractivity contribution >= 4 is 17.2 Å². The summed E-state index contributed by atoms with van der Waals surface area (Å²) < 4.78 is 11.2. The Kier molecular flexibility index (Phi) is 7.18. The van der Waals surface area contributed by atoms with Gasteiger partial charge in [0.25, 0.3) is 5.91 Å². The molecule has 2 aliphatic heterocycles. The summed E-state index contributed by atoms with van der Waals surface area (Å²) in [4.78, 5) is 23.7. The minimum atomic E-state index is 0.121. The van der Waals surface area contributed by atoms with Gasteiger partial charge in [0.1, 0.15) is 9.88 Å². The molecule has 218 valence electrons. The van der Waals surface area contributed by atoms with E-state index in [1.807, 2.05) is 6.07 Å². The molecule has 6 nitrogen and oxygen atoms in total. The maximum Gasteiger partial charge on any atom is 0.265 e. The number of aromatic nitrogens is 1. The summed E-state index contributed by atoms with van der Waals surface area (Å²) >= 11 is 1.55. The van der Waals surface area contributed by atoms with Crippen molar-refractivity contribution in [1.29, 1.82) is 0 Å². The molecule has 0 spiro atoms. The molecular formula is C34H43N3O3S. The first-order valence-electron chi connectivity index (χ1n) is 14.8. The minimum Gasteiger partial charge on any atom is -0.454 e. The van der Waals surface area contributed by atoms with Crippen molar-refractivity contribution in [1.82, 2.24) is 14.8 Å². The predicted molar refractivity (Wildman–Crippen MR) is 163 cm³/mol. The summed E-state index contributed by atoms with van der Waals surface area (Å²) in [6.07, 6.45) is 5.18. The van der Waals surface area contributed by atoms with Crippen LogP contribution >= 0.6 is 11.3 Å². The second kappa shape index (κ2) is 10.4. The average molecular weight is 574 g/mol. The van der Waals surface area contributed by atoms with Crippen LogP contribution in [0.25, 0.3) is 0 Å². The summed E-state index contributed by atoms with van der Waals surface area (Å²) in [6.45, 7) is 17.1. The molecule has 2 atom stereocenters. The van der Waals surface area contributed by atoms with E-state index < -0.39 is 0 Å². The van der Waals surface area contributed by atoms with Gasteiger partial charge in [-0.2, -0.15) is 0 Å². The monoisotopic (exact) mass is 573 g/mol. The number of hydrogen-bond acceptors (Lipinski definition) is 6. The number of carbonyl (C=O) groups excluding carboxylic acids is 1. The van der Waals surface area contributed by atoms with Crippen LogP contribution in [0.5, 0.6) is 11.5 Å². The molecule has 1 saturated heterocycles. The Balaban J connectivity index is 1.20. The van der Waals surface area contributed by atoms with E-state index in [4.69, 9.17) is 14.5 Å². The maximum absolute atomic E-state index is 13.7. The Morgan fingerprint density at radius 3 is 2.46 bits per heavy atom. The van der Waals surface area contributed by atoms with Crippen molar-refractivity contribution in [2.75, 3.05) is 13.3 Å². The number of amides is 1. The van der Waals surface area contributed by atoms with Gasteiger partial charge < -0.3 is 14.4 Å². The topological polar surface area (TPSA) is 54.9 Å². The van der Waals surface area contributed by atoms with Gasteiger partial charge in [-0.3, -0.25) is 9.69 Å². The van der Waals surface area contributed by atoms with E-state index in [0.717, 1.165) is 59.4 Å². The van der Waals surface area contributed by atoms with E-state index in [1.54, 1.807) is 17.5 Å². The standard InChI is InChI=1S/C34H43N3O3S/c1-32(2,3)25-10-7-23(8-11-25)17-36(18-24-9-12-27-28(13-24)40-22-39-27)19-30-35-16-29(41-30)31(38)37-21-34(6)15-26(37)14-33(4,5)20-34/h7-13,16,26H,14-15,17-22H2,1-6H3/t26-,34?/m0/s1. The van der Waals surface area contributed by atoms with E-state index in [-0.39, 0.29) is 28.9 Å². The lowest BCUT2D eigenvalue weighted by Crippen LogP contribution is -2.37. The predicted octanol–water partition coefficient (Wildman–Crippen LogP) is 7.41. The molecule has 1 unspecified atom stereocenters.